The monoisotopic (exact) mass is 360 g/mol. The third kappa shape index (κ3) is 17.3. The fraction of sp³-hybridized carbons (Fsp3) is 1.00. The molecule has 0 bridgehead atoms. The third-order valence-corrected chi connectivity index (χ3v) is 10.5. The minimum atomic E-state index is -0.671. The quantitative estimate of drug-likeness (QED) is 0.335. The maximum absolute atomic E-state index is 2.49. The summed E-state index contributed by atoms with van der Waals surface area (Å²) >= 11 is 0. The number of unbranched alkanes of at least 4 members (excludes halogenated alkanes) is 2. The van der Waals surface area contributed by atoms with Crippen molar-refractivity contribution in [2.45, 2.75) is 60.3 Å². The Hall–Kier alpha value is 1.34. The van der Waals surface area contributed by atoms with Crippen LogP contribution in [0.5, 0.6) is 0 Å². The predicted octanol–water partition coefficient (Wildman–Crippen LogP) is 6.27. The Kier molecular flexibility index (Phi) is 24.8. The Balaban J connectivity index is -0.000000238. The molecule has 0 spiro atoms. The molecule has 0 amide bonds. The Morgan fingerprint density at radius 1 is 0.722 bits per heavy atom. The van der Waals surface area contributed by atoms with E-state index < -0.39 is 7.26 Å². The van der Waals surface area contributed by atoms with Crippen molar-refractivity contribution in [1.29, 1.82) is 0 Å². The molecule has 0 aromatic heterocycles. The van der Waals surface area contributed by atoms with E-state index in [-0.39, 0.29) is 17.0 Å². The summed E-state index contributed by atoms with van der Waals surface area (Å²) in [7, 11) is 0.575. The van der Waals surface area contributed by atoms with E-state index in [2.05, 4.69) is 41.3 Å². The maximum atomic E-state index is 2.49. The van der Waals surface area contributed by atoms with Crippen molar-refractivity contribution < 1.29 is 0 Å². The molecule has 0 nitrogen and oxygen atoms in total. The molecule has 0 aliphatic carbocycles. The summed E-state index contributed by atoms with van der Waals surface area (Å²) in [5.74, 6) is 0. The molecule has 0 aliphatic heterocycles. The summed E-state index contributed by atoms with van der Waals surface area (Å²) in [6, 6.07) is 0. The molecular weight excluding hydrogens is 322 g/mol. The van der Waals surface area contributed by atoms with Crippen LogP contribution in [0.4, 0.5) is 0 Å². The summed E-state index contributed by atoms with van der Waals surface area (Å²) in [5, 5.41) is 0. The fourth-order valence-corrected chi connectivity index (χ4v) is 4.44. The van der Waals surface area contributed by atoms with Gasteiger partial charge < -0.3 is 0 Å². The van der Waals surface area contributed by atoms with Gasteiger partial charge in [-0.15, -0.1) is 25.6 Å². The van der Waals surface area contributed by atoms with Crippen LogP contribution in [0.2, 0.25) is 0 Å². The predicted molar refractivity (Wildman–Crippen MR) is 104 cm³/mol. The molecule has 116 valence electrons. The molecule has 3 heteroatoms. The molecule has 0 unspecified atom stereocenters. The molecule has 0 aliphatic rings. The summed E-state index contributed by atoms with van der Waals surface area (Å²) in [5.41, 5.74) is 0. The van der Waals surface area contributed by atoms with Gasteiger partial charge in [0, 0.05) is 0 Å². The van der Waals surface area contributed by atoms with Gasteiger partial charge >= 0.3 is 53.2 Å². The second-order valence-corrected chi connectivity index (χ2v) is 12.6. The van der Waals surface area contributed by atoms with Gasteiger partial charge in [0.25, 0.3) is 0 Å². The molecule has 0 saturated carbocycles. The van der Waals surface area contributed by atoms with Crippen LogP contribution in [-0.2, 0) is 0 Å². The number of rotatable bonds is 9. The first-order valence-corrected chi connectivity index (χ1v) is 12.3. The van der Waals surface area contributed by atoms with E-state index in [9.17, 15) is 0 Å². The summed E-state index contributed by atoms with van der Waals surface area (Å²) < 4.78 is 0. The second-order valence-electron chi connectivity index (χ2n) is 5.33. The molecule has 18 heavy (non-hydrogen) atoms. The molecule has 0 N–H and O–H groups in total. The van der Waals surface area contributed by atoms with Crippen molar-refractivity contribution >= 4 is 32.8 Å². The molecule has 0 saturated heterocycles. The molecule has 0 atom stereocenters. The van der Waals surface area contributed by atoms with Crippen molar-refractivity contribution in [2.24, 2.45) is 0 Å². The number of halogens is 1. The summed E-state index contributed by atoms with van der Waals surface area (Å²) in [6.45, 7) is 14.0. The molecule has 0 aromatic carbocycles. The van der Waals surface area contributed by atoms with Crippen LogP contribution >= 0.6 is 32.8 Å². The topological polar surface area (TPSA) is 0 Å². The van der Waals surface area contributed by atoms with Gasteiger partial charge in [0.15, 0.2) is 0 Å². The van der Waals surface area contributed by atoms with Crippen LogP contribution < -0.4 is 0 Å². The molecule has 0 aromatic rings. The Labute approximate surface area is 130 Å². The van der Waals surface area contributed by atoms with E-state index in [0.717, 1.165) is 0 Å². The van der Waals surface area contributed by atoms with Gasteiger partial charge in [-0.2, -0.15) is 0 Å². The average Bonchev–Trinajstić information content (AvgIpc) is 2.38. The van der Waals surface area contributed by atoms with Crippen LogP contribution in [-0.4, -0.2) is 37.5 Å². The Morgan fingerprint density at radius 2 is 1.06 bits per heavy atom. The van der Waals surface area contributed by atoms with Crippen molar-refractivity contribution in [2.75, 3.05) is 37.5 Å². The number of hydrogen-bond acceptors (Lipinski definition) is 0. The van der Waals surface area contributed by atoms with Gasteiger partial charge in [-0.3, -0.25) is 0 Å². The molecular formula is C15H39BrP2. The van der Waals surface area contributed by atoms with E-state index >= 15 is 0 Å². The van der Waals surface area contributed by atoms with Gasteiger partial charge in [0.05, 0.1) is 0 Å². The van der Waals surface area contributed by atoms with Gasteiger partial charge in [-0.05, 0) is 25.2 Å². The van der Waals surface area contributed by atoms with E-state index in [0.29, 0.717) is 0 Å². The SMILES string of the molecule is Br.CCCCPCCCC.CC[PH](C)(CC)CC. The molecule has 0 fully saturated rings. The Morgan fingerprint density at radius 3 is 1.22 bits per heavy atom. The van der Waals surface area contributed by atoms with Crippen molar-refractivity contribution in [3.63, 3.8) is 0 Å². The normalized spacial score (nSPS) is 11.2. The first kappa shape index (κ1) is 24.4. The Bertz CT molecular complexity index is 122. The van der Waals surface area contributed by atoms with Crippen molar-refractivity contribution in [3.05, 3.63) is 0 Å². The minimum absolute atomic E-state index is 0. The van der Waals surface area contributed by atoms with Gasteiger partial charge in [-0.25, -0.2) is 0 Å². The summed E-state index contributed by atoms with van der Waals surface area (Å²) in [4.78, 5) is 0. The number of hydrogen-bond donors (Lipinski definition) is 0. The second kappa shape index (κ2) is 18.3. The van der Waals surface area contributed by atoms with Crippen LogP contribution in [0, 0.1) is 0 Å². The van der Waals surface area contributed by atoms with Crippen LogP contribution in [0.25, 0.3) is 0 Å². The van der Waals surface area contributed by atoms with Crippen molar-refractivity contribution in [1.82, 2.24) is 0 Å². The van der Waals surface area contributed by atoms with E-state index in [1.165, 1.54) is 65.1 Å². The van der Waals surface area contributed by atoms with Gasteiger partial charge in [-0.1, -0.05) is 26.7 Å². The van der Waals surface area contributed by atoms with Gasteiger partial charge in [0.1, 0.15) is 0 Å². The van der Waals surface area contributed by atoms with Gasteiger partial charge in [0.2, 0.25) is 0 Å². The van der Waals surface area contributed by atoms with E-state index in [1.807, 2.05) is 0 Å². The summed E-state index contributed by atoms with van der Waals surface area (Å²) in [6.07, 6.45) is 13.0. The van der Waals surface area contributed by atoms with Crippen LogP contribution in [0.1, 0.15) is 60.3 Å². The fourth-order valence-electron chi connectivity index (χ4n) is 1.48. The van der Waals surface area contributed by atoms with Crippen LogP contribution in [0.15, 0.2) is 0 Å². The molecule has 0 radical (unpaired) electrons. The first-order chi connectivity index (χ1) is 8.10. The van der Waals surface area contributed by atoms with E-state index in [4.69, 9.17) is 0 Å². The standard InChI is InChI=1S/C8H19P.C7H19P.BrH/c1-3-5-7-9-8-6-4-2;1-5-8(4,6-2)7-3;/h9H,3-8H2,1-2H3;8H,5-7H2,1-4H3;1H. The van der Waals surface area contributed by atoms with E-state index in [1.54, 1.807) is 0 Å². The molecule has 0 heterocycles. The average molecular weight is 361 g/mol. The van der Waals surface area contributed by atoms with Crippen LogP contribution in [0.3, 0.4) is 0 Å². The zero-order valence-electron chi connectivity index (χ0n) is 13.8. The zero-order valence-corrected chi connectivity index (χ0v) is 17.5. The zero-order chi connectivity index (χ0) is 13.6. The van der Waals surface area contributed by atoms with Crippen molar-refractivity contribution in [3.8, 4) is 0 Å². The molecule has 0 rings (SSSR count). The third-order valence-electron chi connectivity index (χ3n) is 3.97. The first-order valence-electron chi connectivity index (χ1n) is 7.80.